The van der Waals surface area contributed by atoms with E-state index in [1.807, 2.05) is 58.9 Å². The van der Waals surface area contributed by atoms with Crippen LogP contribution in [0.15, 0.2) is 29.8 Å². The fourth-order valence-corrected chi connectivity index (χ4v) is 2.98. The molecule has 0 aromatic heterocycles. The first-order valence-electron chi connectivity index (χ1n) is 7.76. The van der Waals surface area contributed by atoms with Gasteiger partial charge in [-0.2, -0.15) is 0 Å². The van der Waals surface area contributed by atoms with Crippen LogP contribution in [0.3, 0.4) is 0 Å². The average molecular weight is 334 g/mol. The van der Waals surface area contributed by atoms with Gasteiger partial charge >= 0.3 is 7.12 Å². The van der Waals surface area contributed by atoms with Crippen LogP contribution in [0.1, 0.15) is 34.6 Å². The molecule has 2 heterocycles. The summed E-state index contributed by atoms with van der Waals surface area (Å²) in [6.07, 6.45) is 1.90. The minimum Gasteiger partial charge on any atom is -0.399 e. The van der Waals surface area contributed by atoms with E-state index in [4.69, 9.17) is 20.9 Å². The summed E-state index contributed by atoms with van der Waals surface area (Å²) in [7, 11) is -0.458. The molecule has 2 aliphatic heterocycles. The zero-order valence-electron chi connectivity index (χ0n) is 14.1. The van der Waals surface area contributed by atoms with Crippen LogP contribution in [-0.4, -0.2) is 30.8 Å². The molecule has 1 fully saturated rings. The molecular formula is C17H21BClNO3. The molecule has 0 spiro atoms. The Hall–Kier alpha value is -1.30. The molecule has 0 atom stereocenters. The Labute approximate surface area is 142 Å². The number of anilines is 1. The minimum absolute atomic E-state index is 0.00437. The predicted octanol–water partition coefficient (Wildman–Crippen LogP) is 2.93. The van der Waals surface area contributed by atoms with E-state index in [0.29, 0.717) is 17.3 Å². The van der Waals surface area contributed by atoms with E-state index < -0.39 is 18.3 Å². The third kappa shape index (κ3) is 2.71. The first kappa shape index (κ1) is 16.6. The Balaban J connectivity index is 1.85. The molecule has 23 heavy (non-hydrogen) atoms. The van der Waals surface area contributed by atoms with Crippen LogP contribution in [0, 0.1) is 0 Å². The van der Waals surface area contributed by atoms with E-state index in [2.05, 4.69) is 0 Å². The molecule has 0 unspecified atom stereocenters. The van der Waals surface area contributed by atoms with E-state index in [1.165, 1.54) is 0 Å². The van der Waals surface area contributed by atoms with Crippen molar-refractivity contribution in [3.8, 4) is 0 Å². The largest absolute Gasteiger partial charge is 0.494 e. The maximum Gasteiger partial charge on any atom is 0.494 e. The van der Waals surface area contributed by atoms with Crippen molar-refractivity contribution < 1.29 is 14.1 Å². The van der Waals surface area contributed by atoms with E-state index in [0.717, 1.165) is 11.0 Å². The van der Waals surface area contributed by atoms with Gasteiger partial charge in [-0.15, -0.1) is 0 Å². The van der Waals surface area contributed by atoms with Gasteiger partial charge in [0.1, 0.15) is 0 Å². The molecule has 1 amide bonds. The van der Waals surface area contributed by atoms with Gasteiger partial charge in [0.15, 0.2) is 0 Å². The third-order valence-electron chi connectivity index (χ3n) is 4.95. The highest BCUT2D eigenvalue weighted by Gasteiger charge is 2.51. The number of hydrogen-bond donors (Lipinski definition) is 0. The first-order chi connectivity index (χ1) is 10.6. The van der Waals surface area contributed by atoms with Crippen LogP contribution in [0.4, 0.5) is 5.69 Å². The quantitative estimate of drug-likeness (QED) is 0.781. The van der Waals surface area contributed by atoms with Crippen molar-refractivity contribution in [2.75, 3.05) is 11.4 Å². The standard InChI is InChI=1S/C17H21BClNO3/c1-11-8-9-20(15(11)21)14-7-6-12(10-13(14)19)18-22-16(2,3)17(4,5)23-18/h6-8,10H,9H2,1-5H3. The van der Waals surface area contributed by atoms with Crippen LogP contribution in [0.2, 0.25) is 5.02 Å². The second-order valence-corrected chi connectivity index (χ2v) is 7.51. The summed E-state index contributed by atoms with van der Waals surface area (Å²) in [6, 6.07) is 5.58. The molecule has 2 aliphatic rings. The lowest BCUT2D eigenvalue weighted by atomic mass is 9.79. The lowest BCUT2D eigenvalue weighted by Gasteiger charge is -2.32. The predicted molar refractivity (Wildman–Crippen MR) is 93.3 cm³/mol. The number of carbonyl (C=O) groups is 1. The number of benzene rings is 1. The molecule has 0 bridgehead atoms. The summed E-state index contributed by atoms with van der Waals surface area (Å²) in [6.45, 7) is 10.4. The summed E-state index contributed by atoms with van der Waals surface area (Å²) >= 11 is 6.41. The first-order valence-corrected chi connectivity index (χ1v) is 8.14. The molecule has 3 rings (SSSR count). The topological polar surface area (TPSA) is 38.8 Å². The smallest absolute Gasteiger partial charge is 0.399 e. The summed E-state index contributed by atoms with van der Waals surface area (Å²) in [4.78, 5) is 13.8. The average Bonchev–Trinajstić information content (AvgIpc) is 2.88. The van der Waals surface area contributed by atoms with E-state index in [9.17, 15) is 4.79 Å². The highest BCUT2D eigenvalue weighted by Crippen LogP contribution is 2.37. The summed E-state index contributed by atoms with van der Waals surface area (Å²) < 4.78 is 12.1. The molecule has 4 nitrogen and oxygen atoms in total. The number of halogens is 1. The summed E-state index contributed by atoms with van der Waals surface area (Å²) in [5, 5.41) is 0.522. The van der Waals surface area contributed by atoms with Gasteiger partial charge in [0.25, 0.3) is 5.91 Å². The molecular weight excluding hydrogens is 312 g/mol. The molecule has 1 saturated heterocycles. The van der Waals surface area contributed by atoms with Crippen molar-refractivity contribution >= 4 is 35.8 Å². The van der Waals surface area contributed by atoms with Crippen molar-refractivity contribution in [1.29, 1.82) is 0 Å². The third-order valence-corrected chi connectivity index (χ3v) is 5.25. The Morgan fingerprint density at radius 3 is 2.26 bits per heavy atom. The van der Waals surface area contributed by atoms with Crippen molar-refractivity contribution in [2.45, 2.75) is 45.8 Å². The maximum absolute atomic E-state index is 12.1. The van der Waals surface area contributed by atoms with Crippen molar-refractivity contribution in [2.24, 2.45) is 0 Å². The number of hydrogen-bond acceptors (Lipinski definition) is 3. The van der Waals surface area contributed by atoms with Gasteiger partial charge in [0.2, 0.25) is 0 Å². The molecule has 1 aromatic rings. The molecule has 0 radical (unpaired) electrons. The van der Waals surface area contributed by atoms with Gasteiger partial charge in [-0.05, 0) is 52.2 Å². The van der Waals surface area contributed by atoms with Crippen LogP contribution >= 0.6 is 11.6 Å². The fourth-order valence-electron chi connectivity index (χ4n) is 2.69. The van der Waals surface area contributed by atoms with Gasteiger partial charge in [0, 0.05) is 12.1 Å². The maximum atomic E-state index is 12.1. The summed E-state index contributed by atoms with van der Waals surface area (Å²) in [5.41, 5.74) is 1.53. The van der Waals surface area contributed by atoms with Gasteiger partial charge in [-0.3, -0.25) is 4.79 Å². The zero-order chi connectivity index (χ0) is 17.0. The zero-order valence-corrected chi connectivity index (χ0v) is 14.9. The lowest BCUT2D eigenvalue weighted by Crippen LogP contribution is -2.41. The minimum atomic E-state index is -0.458. The fraction of sp³-hybridized carbons (Fsp3) is 0.471. The number of rotatable bonds is 2. The monoisotopic (exact) mass is 333 g/mol. The Morgan fingerprint density at radius 2 is 1.78 bits per heavy atom. The highest BCUT2D eigenvalue weighted by molar-refractivity contribution is 6.62. The van der Waals surface area contributed by atoms with Crippen LogP contribution in [-0.2, 0) is 14.1 Å². The van der Waals surface area contributed by atoms with Gasteiger partial charge in [-0.25, -0.2) is 0 Å². The number of nitrogens with zero attached hydrogens (tertiary/aromatic N) is 1. The SMILES string of the molecule is CC1=CCN(c2ccc(B3OC(C)(C)C(C)(C)O3)cc2Cl)C1=O. The Bertz CT molecular complexity index is 683. The Morgan fingerprint density at radius 1 is 1.17 bits per heavy atom. The van der Waals surface area contributed by atoms with Gasteiger partial charge in [-0.1, -0.05) is 23.7 Å². The van der Waals surface area contributed by atoms with E-state index in [-0.39, 0.29) is 5.91 Å². The molecule has 122 valence electrons. The second-order valence-electron chi connectivity index (χ2n) is 7.10. The Kier molecular flexibility index (Phi) is 3.86. The normalized spacial score (nSPS) is 22.7. The molecule has 6 heteroatoms. The lowest BCUT2D eigenvalue weighted by molar-refractivity contribution is -0.114. The van der Waals surface area contributed by atoms with Crippen molar-refractivity contribution in [3.05, 3.63) is 34.9 Å². The molecule has 0 aliphatic carbocycles. The molecule has 0 saturated carbocycles. The van der Waals surface area contributed by atoms with Crippen molar-refractivity contribution in [3.63, 3.8) is 0 Å². The second kappa shape index (κ2) is 5.37. The molecule has 0 N–H and O–H groups in total. The highest BCUT2D eigenvalue weighted by atomic mass is 35.5. The van der Waals surface area contributed by atoms with Gasteiger partial charge < -0.3 is 14.2 Å². The number of amides is 1. The van der Waals surface area contributed by atoms with E-state index >= 15 is 0 Å². The van der Waals surface area contributed by atoms with Gasteiger partial charge in [0.05, 0.1) is 21.9 Å². The van der Waals surface area contributed by atoms with Crippen LogP contribution < -0.4 is 10.4 Å². The molecule has 1 aromatic carbocycles. The number of carbonyl (C=O) groups excluding carboxylic acids is 1. The van der Waals surface area contributed by atoms with Crippen LogP contribution in [0.25, 0.3) is 0 Å². The summed E-state index contributed by atoms with van der Waals surface area (Å²) in [5.74, 6) is -0.00437. The van der Waals surface area contributed by atoms with Crippen LogP contribution in [0.5, 0.6) is 0 Å². The van der Waals surface area contributed by atoms with Crippen molar-refractivity contribution in [1.82, 2.24) is 0 Å². The van der Waals surface area contributed by atoms with E-state index in [1.54, 1.807) is 4.90 Å².